The number of nitrogens with zero attached hydrogens (tertiary/aromatic N) is 1. The highest BCUT2D eigenvalue weighted by Crippen LogP contribution is 2.31. The molecule has 1 aliphatic rings. The van der Waals surface area contributed by atoms with Gasteiger partial charge in [-0.2, -0.15) is 0 Å². The molecule has 21 heavy (non-hydrogen) atoms. The SMILES string of the molecule is COC(=O)C1C=Cc2cc(NC(C)=O)ccc2N1C(C)=O. The van der Waals surface area contributed by atoms with E-state index >= 15 is 0 Å². The molecule has 1 aliphatic heterocycles. The molecule has 0 aromatic heterocycles. The number of esters is 1. The van der Waals surface area contributed by atoms with E-state index in [4.69, 9.17) is 4.74 Å². The standard InChI is InChI=1S/C15H16N2O4/c1-9(18)16-12-5-7-13-11(8-12)4-6-14(15(20)21-3)17(13)10(2)19/h4-8,14H,1-3H3,(H,16,18). The van der Waals surface area contributed by atoms with Gasteiger partial charge in [0.1, 0.15) is 0 Å². The summed E-state index contributed by atoms with van der Waals surface area (Å²) in [5.41, 5.74) is 1.98. The molecule has 0 fully saturated rings. The van der Waals surface area contributed by atoms with Gasteiger partial charge in [0, 0.05) is 25.1 Å². The zero-order chi connectivity index (χ0) is 15.6. The summed E-state index contributed by atoms with van der Waals surface area (Å²) in [4.78, 5) is 36.1. The topological polar surface area (TPSA) is 75.7 Å². The highest BCUT2D eigenvalue weighted by Gasteiger charge is 2.31. The van der Waals surface area contributed by atoms with Gasteiger partial charge in [-0.15, -0.1) is 0 Å². The van der Waals surface area contributed by atoms with E-state index in [9.17, 15) is 14.4 Å². The van der Waals surface area contributed by atoms with Crippen molar-refractivity contribution in [2.24, 2.45) is 0 Å². The van der Waals surface area contributed by atoms with E-state index in [1.54, 1.807) is 30.4 Å². The Morgan fingerprint density at radius 1 is 1.24 bits per heavy atom. The Labute approximate surface area is 122 Å². The number of benzene rings is 1. The summed E-state index contributed by atoms with van der Waals surface area (Å²) in [6.45, 7) is 2.81. The molecule has 6 nitrogen and oxygen atoms in total. The van der Waals surface area contributed by atoms with Crippen molar-refractivity contribution in [3.63, 3.8) is 0 Å². The molecule has 110 valence electrons. The van der Waals surface area contributed by atoms with Crippen molar-refractivity contribution in [3.05, 3.63) is 29.8 Å². The number of amides is 2. The number of hydrogen-bond donors (Lipinski definition) is 1. The number of rotatable bonds is 2. The highest BCUT2D eigenvalue weighted by molar-refractivity contribution is 6.03. The smallest absolute Gasteiger partial charge is 0.333 e. The van der Waals surface area contributed by atoms with Crippen molar-refractivity contribution in [3.8, 4) is 0 Å². The Balaban J connectivity index is 2.44. The van der Waals surface area contributed by atoms with E-state index in [1.807, 2.05) is 0 Å². The Bertz CT molecular complexity index is 637. The predicted octanol–water partition coefficient (Wildman–Crippen LogP) is 1.57. The second-order valence-corrected chi connectivity index (χ2v) is 4.67. The molecule has 2 amide bonds. The van der Waals surface area contributed by atoms with Crippen LogP contribution < -0.4 is 10.2 Å². The maximum Gasteiger partial charge on any atom is 0.333 e. The first kappa shape index (κ1) is 14.8. The van der Waals surface area contributed by atoms with Crippen LogP contribution in [0.15, 0.2) is 24.3 Å². The largest absolute Gasteiger partial charge is 0.467 e. The molecular formula is C15H16N2O4. The summed E-state index contributed by atoms with van der Waals surface area (Å²) < 4.78 is 4.72. The lowest BCUT2D eigenvalue weighted by Crippen LogP contribution is -2.45. The van der Waals surface area contributed by atoms with Crippen LogP contribution in [0.5, 0.6) is 0 Å². The summed E-state index contributed by atoms with van der Waals surface area (Å²) >= 11 is 0. The van der Waals surface area contributed by atoms with Gasteiger partial charge in [0.2, 0.25) is 11.8 Å². The zero-order valence-electron chi connectivity index (χ0n) is 12.0. The molecule has 1 aromatic carbocycles. The molecule has 6 heteroatoms. The molecule has 1 N–H and O–H groups in total. The minimum absolute atomic E-state index is 0.175. The second kappa shape index (κ2) is 5.78. The van der Waals surface area contributed by atoms with Crippen LogP contribution in [0.3, 0.4) is 0 Å². The first-order valence-electron chi connectivity index (χ1n) is 6.41. The summed E-state index contributed by atoms with van der Waals surface area (Å²) in [5.74, 6) is -0.938. The van der Waals surface area contributed by atoms with Crippen molar-refractivity contribution < 1.29 is 19.1 Å². The number of carbonyl (C=O) groups excluding carboxylic acids is 3. The van der Waals surface area contributed by atoms with E-state index in [1.165, 1.54) is 25.9 Å². The van der Waals surface area contributed by atoms with Gasteiger partial charge >= 0.3 is 5.97 Å². The van der Waals surface area contributed by atoms with E-state index in [0.29, 0.717) is 11.4 Å². The third-order valence-electron chi connectivity index (χ3n) is 3.13. The third-order valence-corrected chi connectivity index (χ3v) is 3.13. The van der Waals surface area contributed by atoms with E-state index < -0.39 is 12.0 Å². The number of methoxy groups -OCH3 is 1. The van der Waals surface area contributed by atoms with Crippen molar-refractivity contribution in [2.45, 2.75) is 19.9 Å². The van der Waals surface area contributed by atoms with Gasteiger partial charge in [-0.3, -0.25) is 14.5 Å². The fourth-order valence-corrected chi connectivity index (χ4v) is 2.29. The summed E-state index contributed by atoms with van der Waals surface area (Å²) in [7, 11) is 1.28. The van der Waals surface area contributed by atoms with Gasteiger partial charge in [0.15, 0.2) is 6.04 Å². The minimum Gasteiger partial charge on any atom is -0.467 e. The number of anilines is 2. The first-order valence-corrected chi connectivity index (χ1v) is 6.41. The number of hydrogen-bond acceptors (Lipinski definition) is 4. The molecule has 2 rings (SSSR count). The van der Waals surface area contributed by atoms with Crippen molar-refractivity contribution in [1.82, 2.24) is 0 Å². The minimum atomic E-state index is -0.772. The fourth-order valence-electron chi connectivity index (χ4n) is 2.29. The van der Waals surface area contributed by atoms with Gasteiger partial charge in [0.05, 0.1) is 12.8 Å². The predicted molar refractivity (Wildman–Crippen MR) is 78.7 cm³/mol. The Morgan fingerprint density at radius 2 is 1.95 bits per heavy atom. The van der Waals surface area contributed by atoms with Crippen LogP contribution in [-0.4, -0.2) is 30.9 Å². The molecule has 0 radical (unpaired) electrons. The van der Waals surface area contributed by atoms with Gasteiger partial charge in [-0.05, 0) is 24.3 Å². The Morgan fingerprint density at radius 3 is 2.52 bits per heavy atom. The molecule has 0 spiro atoms. The van der Waals surface area contributed by atoms with Crippen LogP contribution in [0.2, 0.25) is 0 Å². The maximum atomic E-state index is 11.9. The van der Waals surface area contributed by atoms with Crippen LogP contribution >= 0.6 is 0 Å². The Hall–Kier alpha value is -2.63. The van der Waals surface area contributed by atoms with Crippen LogP contribution in [0.1, 0.15) is 19.4 Å². The van der Waals surface area contributed by atoms with E-state index in [2.05, 4.69) is 5.32 Å². The number of fused-ring (bicyclic) bond motifs is 1. The van der Waals surface area contributed by atoms with E-state index in [-0.39, 0.29) is 11.8 Å². The summed E-state index contributed by atoms with van der Waals surface area (Å²) in [6, 6.07) is 4.36. The molecule has 1 aromatic rings. The highest BCUT2D eigenvalue weighted by atomic mass is 16.5. The monoisotopic (exact) mass is 288 g/mol. The molecule has 1 atom stereocenters. The lowest BCUT2D eigenvalue weighted by molar-refractivity contribution is -0.142. The average Bonchev–Trinajstić information content (AvgIpc) is 2.44. The molecular weight excluding hydrogens is 272 g/mol. The summed E-state index contributed by atoms with van der Waals surface area (Å²) in [6.07, 6.45) is 3.34. The Kier molecular flexibility index (Phi) is 4.07. The zero-order valence-corrected chi connectivity index (χ0v) is 12.0. The van der Waals surface area contributed by atoms with E-state index in [0.717, 1.165) is 5.56 Å². The van der Waals surface area contributed by atoms with Crippen molar-refractivity contribution in [2.75, 3.05) is 17.3 Å². The maximum absolute atomic E-state index is 11.9. The lowest BCUT2D eigenvalue weighted by Gasteiger charge is -2.31. The van der Waals surface area contributed by atoms with Crippen molar-refractivity contribution in [1.29, 1.82) is 0 Å². The third kappa shape index (κ3) is 2.94. The molecule has 0 aliphatic carbocycles. The van der Waals surface area contributed by atoms with Gasteiger partial charge in [-0.1, -0.05) is 6.08 Å². The van der Waals surface area contributed by atoms with Gasteiger partial charge < -0.3 is 10.1 Å². The van der Waals surface area contributed by atoms with Gasteiger partial charge in [-0.25, -0.2) is 4.79 Å². The van der Waals surface area contributed by atoms with Crippen LogP contribution in [0, 0.1) is 0 Å². The fraction of sp³-hybridized carbons (Fsp3) is 0.267. The number of nitrogens with one attached hydrogen (secondary N) is 1. The molecule has 0 saturated carbocycles. The molecule has 0 bridgehead atoms. The average molecular weight is 288 g/mol. The van der Waals surface area contributed by atoms with Crippen molar-refractivity contribution >= 4 is 35.2 Å². The normalized spacial score (nSPS) is 16.1. The lowest BCUT2D eigenvalue weighted by atomic mass is 10.0. The number of ether oxygens (including phenoxy) is 1. The molecule has 1 heterocycles. The van der Waals surface area contributed by atoms with Crippen LogP contribution in [-0.2, 0) is 19.1 Å². The molecule has 1 unspecified atom stereocenters. The molecule has 0 saturated heterocycles. The quantitative estimate of drug-likeness (QED) is 0.838. The first-order chi connectivity index (χ1) is 9.93. The van der Waals surface area contributed by atoms with Gasteiger partial charge in [0.25, 0.3) is 0 Å². The summed E-state index contributed by atoms with van der Waals surface area (Å²) in [5, 5.41) is 2.68. The van der Waals surface area contributed by atoms with Crippen LogP contribution in [0.4, 0.5) is 11.4 Å². The van der Waals surface area contributed by atoms with Crippen LogP contribution in [0.25, 0.3) is 6.08 Å². The second-order valence-electron chi connectivity index (χ2n) is 4.67. The number of carbonyl (C=O) groups is 3.